The van der Waals surface area contributed by atoms with Gasteiger partial charge in [-0.3, -0.25) is 5.32 Å². The third-order valence-electron chi connectivity index (χ3n) is 3.16. The van der Waals surface area contributed by atoms with E-state index in [2.05, 4.69) is 36.6 Å². The predicted octanol–water partition coefficient (Wildman–Crippen LogP) is 4.62. The van der Waals surface area contributed by atoms with Crippen molar-refractivity contribution in [1.29, 1.82) is 0 Å². The summed E-state index contributed by atoms with van der Waals surface area (Å²) in [5, 5.41) is 6.07. The Labute approximate surface area is 125 Å². The average Bonchev–Trinajstić information content (AvgIpc) is 2.45. The van der Waals surface area contributed by atoms with Crippen molar-refractivity contribution in [1.82, 2.24) is 0 Å². The highest BCUT2D eigenvalue weighted by atomic mass is 16.5. The molecule has 0 atom stereocenters. The van der Waals surface area contributed by atoms with E-state index in [1.807, 2.05) is 30.3 Å². The number of amides is 1. The first-order valence-corrected chi connectivity index (χ1v) is 6.97. The van der Waals surface area contributed by atoms with Gasteiger partial charge in [0, 0.05) is 17.1 Å². The molecule has 110 valence electrons. The topological polar surface area (TPSA) is 50.4 Å². The lowest BCUT2D eigenvalue weighted by atomic mass is 10.1. The first-order chi connectivity index (χ1) is 10.1. The summed E-state index contributed by atoms with van der Waals surface area (Å²) in [6.45, 7) is 6.28. The number of nitrogens with one attached hydrogen (secondary N) is 2. The zero-order chi connectivity index (χ0) is 15.2. The zero-order valence-corrected chi connectivity index (χ0v) is 12.6. The number of ether oxygens (including phenoxy) is 1. The maximum absolute atomic E-state index is 11.3. The Morgan fingerprint density at radius 3 is 2.14 bits per heavy atom. The van der Waals surface area contributed by atoms with Crippen LogP contribution in [0.2, 0.25) is 0 Å². The van der Waals surface area contributed by atoms with Crippen molar-refractivity contribution in [2.45, 2.75) is 20.8 Å². The van der Waals surface area contributed by atoms with Crippen LogP contribution >= 0.6 is 0 Å². The van der Waals surface area contributed by atoms with Gasteiger partial charge >= 0.3 is 6.09 Å². The van der Waals surface area contributed by atoms with E-state index in [0.29, 0.717) is 12.3 Å². The van der Waals surface area contributed by atoms with Crippen LogP contribution in [0.15, 0.2) is 42.5 Å². The average molecular weight is 284 g/mol. The van der Waals surface area contributed by atoms with Crippen molar-refractivity contribution in [3.8, 4) is 0 Å². The Morgan fingerprint density at radius 2 is 1.57 bits per heavy atom. The minimum atomic E-state index is -0.437. The smallest absolute Gasteiger partial charge is 0.411 e. The Balaban J connectivity index is 2.07. The summed E-state index contributed by atoms with van der Waals surface area (Å²) in [6, 6.07) is 13.7. The highest BCUT2D eigenvalue weighted by Gasteiger charge is 2.04. The molecule has 0 aliphatic heterocycles. The van der Waals surface area contributed by atoms with E-state index in [1.165, 1.54) is 11.1 Å². The summed E-state index contributed by atoms with van der Waals surface area (Å²) in [5.74, 6) is 0. The lowest BCUT2D eigenvalue weighted by Gasteiger charge is -2.13. The van der Waals surface area contributed by atoms with Gasteiger partial charge in [-0.15, -0.1) is 0 Å². The number of aryl methyl sites for hydroxylation is 2. The van der Waals surface area contributed by atoms with Gasteiger partial charge in [0.2, 0.25) is 0 Å². The summed E-state index contributed by atoms with van der Waals surface area (Å²) in [7, 11) is 0. The second kappa shape index (κ2) is 6.79. The number of hydrogen-bond acceptors (Lipinski definition) is 3. The van der Waals surface area contributed by atoms with Crippen LogP contribution in [0.1, 0.15) is 18.1 Å². The lowest BCUT2D eigenvalue weighted by molar-refractivity contribution is 0.168. The molecular formula is C17H20N2O2. The molecule has 0 saturated heterocycles. The molecule has 0 aromatic heterocycles. The van der Waals surface area contributed by atoms with Crippen LogP contribution in [0.5, 0.6) is 0 Å². The molecule has 4 nitrogen and oxygen atoms in total. The van der Waals surface area contributed by atoms with E-state index in [9.17, 15) is 4.79 Å². The molecule has 2 N–H and O–H groups in total. The molecule has 1 amide bonds. The Bertz CT molecular complexity index is 601. The minimum Gasteiger partial charge on any atom is -0.450 e. The van der Waals surface area contributed by atoms with Crippen LogP contribution in [0.25, 0.3) is 0 Å². The fourth-order valence-electron chi connectivity index (χ4n) is 2.08. The van der Waals surface area contributed by atoms with Crippen LogP contribution in [-0.4, -0.2) is 12.7 Å². The van der Waals surface area contributed by atoms with E-state index in [4.69, 9.17) is 4.74 Å². The van der Waals surface area contributed by atoms with Crippen molar-refractivity contribution in [2.75, 3.05) is 17.2 Å². The summed E-state index contributed by atoms with van der Waals surface area (Å²) in [5.41, 5.74) is 5.19. The number of rotatable bonds is 4. The molecule has 0 heterocycles. The van der Waals surface area contributed by atoms with E-state index in [-0.39, 0.29) is 0 Å². The molecule has 0 aliphatic rings. The molecule has 0 radical (unpaired) electrons. The zero-order valence-electron chi connectivity index (χ0n) is 12.6. The van der Waals surface area contributed by atoms with Gasteiger partial charge in [-0.1, -0.05) is 18.2 Å². The van der Waals surface area contributed by atoms with Gasteiger partial charge in [-0.05, 0) is 56.2 Å². The second-order valence-electron chi connectivity index (χ2n) is 4.81. The van der Waals surface area contributed by atoms with Crippen molar-refractivity contribution in [3.63, 3.8) is 0 Å². The van der Waals surface area contributed by atoms with Crippen LogP contribution in [-0.2, 0) is 4.74 Å². The molecule has 21 heavy (non-hydrogen) atoms. The molecule has 2 rings (SSSR count). The number of hydrogen-bond donors (Lipinski definition) is 2. The summed E-state index contributed by atoms with van der Waals surface area (Å²) >= 11 is 0. The van der Waals surface area contributed by atoms with Gasteiger partial charge < -0.3 is 10.1 Å². The Kier molecular flexibility index (Phi) is 4.82. The third kappa shape index (κ3) is 3.99. The van der Waals surface area contributed by atoms with Crippen LogP contribution in [0.3, 0.4) is 0 Å². The molecule has 0 saturated carbocycles. The molecule has 4 heteroatoms. The summed E-state index contributed by atoms with van der Waals surface area (Å²) in [4.78, 5) is 11.3. The monoisotopic (exact) mass is 284 g/mol. The lowest BCUT2D eigenvalue weighted by Crippen LogP contribution is -2.13. The SMILES string of the molecule is CCOC(=O)Nc1ccc(Nc2c(C)cccc2C)cc1. The molecule has 0 aliphatic carbocycles. The molecular weight excluding hydrogens is 264 g/mol. The van der Waals surface area contributed by atoms with Gasteiger partial charge in [0.05, 0.1) is 6.61 Å². The molecule has 2 aromatic rings. The predicted molar refractivity (Wildman–Crippen MR) is 86.3 cm³/mol. The van der Waals surface area contributed by atoms with Crippen LogP contribution < -0.4 is 10.6 Å². The second-order valence-corrected chi connectivity index (χ2v) is 4.81. The van der Waals surface area contributed by atoms with Crippen LogP contribution in [0, 0.1) is 13.8 Å². The van der Waals surface area contributed by atoms with Crippen molar-refractivity contribution in [2.24, 2.45) is 0 Å². The first kappa shape index (κ1) is 14.9. The standard InChI is InChI=1S/C17H20N2O2/c1-4-21-17(20)19-15-10-8-14(9-11-15)18-16-12(2)6-5-7-13(16)3/h5-11,18H,4H2,1-3H3,(H,19,20). The first-order valence-electron chi connectivity index (χ1n) is 6.97. The summed E-state index contributed by atoms with van der Waals surface area (Å²) in [6.07, 6.45) is -0.437. The fraction of sp³-hybridized carbons (Fsp3) is 0.235. The van der Waals surface area contributed by atoms with Crippen molar-refractivity contribution in [3.05, 3.63) is 53.6 Å². The molecule has 0 spiro atoms. The summed E-state index contributed by atoms with van der Waals surface area (Å²) < 4.78 is 4.84. The van der Waals surface area contributed by atoms with Crippen molar-refractivity contribution >= 4 is 23.2 Å². The minimum absolute atomic E-state index is 0.359. The molecule has 0 unspecified atom stereocenters. The Hall–Kier alpha value is -2.49. The van der Waals surface area contributed by atoms with Gasteiger partial charge in [-0.25, -0.2) is 4.79 Å². The maximum Gasteiger partial charge on any atom is 0.411 e. The van der Waals surface area contributed by atoms with Gasteiger partial charge in [0.25, 0.3) is 0 Å². The Morgan fingerprint density at radius 1 is 1.00 bits per heavy atom. The normalized spacial score (nSPS) is 10.0. The molecule has 2 aromatic carbocycles. The molecule has 0 fully saturated rings. The van der Waals surface area contributed by atoms with E-state index in [1.54, 1.807) is 6.92 Å². The van der Waals surface area contributed by atoms with E-state index >= 15 is 0 Å². The van der Waals surface area contributed by atoms with Crippen molar-refractivity contribution < 1.29 is 9.53 Å². The highest BCUT2D eigenvalue weighted by Crippen LogP contribution is 2.25. The number of carbonyl (C=O) groups excluding carboxylic acids is 1. The number of para-hydroxylation sites is 1. The van der Waals surface area contributed by atoms with Gasteiger partial charge in [-0.2, -0.15) is 0 Å². The maximum atomic E-state index is 11.3. The third-order valence-corrected chi connectivity index (χ3v) is 3.16. The molecule has 0 bridgehead atoms. The highest BCUT2D eigenvalue weighted by molar-refractivity contribution is 5.85. The van der Waals surface area contributed by atoms with Crippen LogP contribution in [0.4, 0.5) is 21.9 Å². The largest absolute Gasteiger partial charge is 0.450 e. The number of benzene rings is 2. The van der Waals surface area contributed by atoms with Gasteiger partial charge in [0.15, 0.2) is 0 Å². The quantitative estimate of drug-likeness (QED) is 0.861. The van der Waals surface area contributed by atoms with Gasteiger partial charge in [0.1, 0.15) is 0 Å². The number of anilines is 3. The fourth-order valence-corrected chi connectivity index (χ4v) is 2.08. The number of carbonyl (C=O) groups is 1. The van der Waals surface area contributed by atoms with E-state index < -0.39 is 6.09 Å². The van der Waals surface area contributed by atoms with E-state index in [0.717, 1.165) is 11.4 Å².